The molecule has 1 atom stereocenters. The zero-order valence-electron chi connectivity index (χ0n) is 14.4. The van der Waals surface area contributed by atoms with Crippen LogP contribution in [0.25, 0.3) is 0 Å². The summed E-state index contributed by atoms with van der Waals surface area (Å²) in [6.07, 6.45) is 5.97. The Bertz CT molecular complexity index is 666. The molecule has 24 heavy (non-hydrogen) atoms. The second-order valence-electron chi connectivity index (χ2n) is 6.57. The highest BCUT2D eigenvalue weighted by Gasteiger charge is 2.27. The van der Waals surface area contributed by atoms with Gasteiger partial charge in [0.25, 0.3) is 5.91 Å². The molecular weight excluding hydrogens is 302 g/mol. The number of aromatic nitrogens is 2. The van der Waals surface area contributed by atoms with Crippen molar-refractivity contribution < 1.29 is 9.53 Å². The molecular formula is C19H25N3O2. The zero-order valence-corrected chi connectivity index (χ0v) is 14.4. The van der Waals surface area contributed by atoms with Gasteiger partial charge in [0.2, 0.25) is 0 Å². The standard InChI is InChI=1S/C19H25N3O2/c1-15(2)22-12-10-20-19(22)16-7-6-11-21(13-16)18(23)14-24-17-8-4-3-5-9-17/h3-5,8-10,12,15-16H,6-7,11,13-14H2,1-2H3/t16-/m0/s1. The highest BCUT2D eigenvalue weighted by atomic mass is 16.5. The van der Waals surface area contributed by atoms with E-state index in [9.17, 15) is 4.79 Å². The fourth-order valence-corrected chi connectivity index (χ4v) is 3.24. The molecule has 1 fully saturated rings. The van der Waals surface area contributed by atoms with Crippen LogP contribution in [-0.2, 0) is 4.79 Å². The Morgan fingerprint density at radius 3 is 2.88 bits per heavy atom. The molecule has 1 aromatic carbocycles. The van der Waals surface area contributed by atoms with Gasteiger partial charge in [0.1, 0.15) is 11.6 Å². The third-order valence-electron chi connectivity index (χ3n) is 4.50. The Labute approximate surface area is 143 Å². The van der Waals surface area contributed by atoms with Gasteiger partial charge in [-0.25, -0.2) is 4.98 Å². The van der Waals surface area contributed by atoms with Crippen LogP contribution in [0.1, 0.15) is 44.5 Å². The van der Waals surface area contributed by atoms with Crippen LogP contribution < -0.4 is 4.74 Å². The summed E-state index contributed by atoms with van der Waals surface area (Å²) >= 11 is 0. The highest BCUT2D eigenvalue weighted by Crippen LogP contribution is 2.27. The summed E-state index contributed by atoms with van der Waals surface area (Å²) < 4.78 is 7.80. The molecule has 0 N–H and O–H groups in total. The molecule has 5 nitrogen and oxygen atoms in total. The quantitative estimate of drug-likeness (QED) is 0.847. The topological polar surface area (TPSA) is 47.4 Å². The Morgan fingerprint density at radius 1 is 1.33 bits per heavy atom. The average molecular weight is 327 g/mol. The van der Waals surface area contributed by atoms with Gasteiger partial charge in [0.15, 0.2) is 6.61 Å². The predicted molar refractivity (Wildman–Crippen MR) is 93.1 cm³/mol. The summed E-state index contributed by atoms with van der Waals surface area (Å²) in [6, 6.07) is 9.86. The van der Waals surface area contributed by atoms with Gasteiger partial charge < -0.3 is 14.2 Å². The molecule has 3 rings (SSSR count). The molecule has 1 aliphatic heterocycles. The van der Waals surface area contributed by atoms with Crippen molar-refractivity contribution in [3.8, 4) is 5.75 Å². The van der Waals surface area contributed by atoms with Crippen molar-refractivity contribution in [3.05, 3.63) is 48.5 Å². The number of carbonyl (C=O) groups is 1. The van der Waals surface area contributed by atoms with E-state index in [1.807, 2.05) is 47.6 Å². The van der Waals surface area contributed by atoms with E-state index in [1.54, 1.807) is 0 Å². The molecule has 0 saturated carbocycles. The van der Waals surface area contributed by atoms with Crippen LogP contribution in [0.3, 0.4) is 0 Å². The fraction of sp³-hybridized carbons (Fsp3) is 0.474. The number of hydrogen-bond acceptors (Lipinski definition) is 3. The summed E-state index contributed by atoms with van der Waals surface area (Å²) in [6.45, 7) is 5.93. The van der Waals surface area contributed by atoms with E-state index in [2.05, 4.69) is 23.4 Å². The number of hydrogen-bond donors (Lipinski definition) is 0. The van der Waals surface area contributed by atoms with Crippen molar-refractivity contribution in [2.24, 2.45) is 0 Å². The molecule has 128 valence electrons. The molecule has 0 radical (unpaired) electrons. The van der Waals surface area contributed by atoms with Gasteiger partial charge in [0, 0.05) is 37.4 Å². The molecule has 1 aliphatic rings. The highest BCUT2D eigenvalue weighted by molar-refractivity contribution is 5.78. The van der Waals surface area contributed by atoms with E-state index in [0.717, 1.165) is 37.5 Å². The molecule has 0 bridgehead atoms. The van der Waals surface area contributed by atoms with Crippen molar-refractivity contribution in [3.63, 3.8) is 0 Å². The van der Waals surface area contributed by atoms with Gasteiger partial charge in [-0.05, 0) is 38.8 Å². The maximum atomic E-state index is 12.5. The number of piperidine rings is 1. The van der Waals surface area contributed by atoms with Crippen molar-refractivity contribution in [1.82, 2.24) is 14.5 Å². The first-order valence-electron chi connectivity index (χ1n) is 8.63. The number of para-hydroxylation sites is 1. The molecule has 1 aromatic heterocycles. The zero-order chi connectivity index (χ0) is 16.9. The molecule has 2 aromatic rings. The minimum Gasteiger partial charge on any atom is -0.484 e. The Hall–Kier alpha value is -2.30. The van der Waals surface area contributed by atoms with Gasteiger partial charge in [-0.3, -0.25) is 4.79 Å². The van der Waals surface area contributed by atoms with E-state index < -0.39 is 0 Å². The van der Waals surface area contributed by atoms with E-state index in [-0.39, 0.29) is 12.5 Å². The smallest absolute Gasteiger partial charge is 0.260 e. The Balaban J connectivity index is 1.60. The molecule has 1 saturated heterocycles. The van der Waals surface area contributed by atoms with E-state index in [0.29, 0.717) is 12.0 Å². The summed E-state index contributed by atoms with van der Waals surface area (Å²) in [7, 11) is 0. The third kappa shape index (κ3) is 3.78. The van der Waals surface area contributed by atoms with E-state index >= 15 is 0 Å². The second kappa shape index (κ2) is 7.51. The lowest BCUT2D eigenvalue weighted by Crippen LogP contribution is -2.42. The molecule has 5 heteroatoms. The number of benzene rings is 1. The van der Waals surface area contributed by atoms with Crippen LogP contribution in [0.2, 0.25) is 0 Å². The summed E-state index contributed by atoms with van der Waals surface area (Å²) in [5.41, 5.74) is 0. The minimum atomic E-state index is 0.0474. The van der Waals surface area contributed by atoms with Crippen molar-refractivity contribution >= 4 is 5.91 Å². The predicted octanol–water partition coefficient (Wildman–Crippen LogP) is 3.25. The number of imidazole rings is 1. The van der Waals surface area contributed by atoms with Crippen molar-refractivity contribution in [2.75, 3.05) is 19.7 Å². The van der Waals surface area contributed by atoms with Crippen LogP contribution in [0.4, 0.5) is 0 Å². The Morgan fingerprint density at radius 2 is 2.12 bits per heavy atom. The fourth-order valence-electron chi connectivity index (χ4n) is 3.24. The lowest BCUT2D eigenvalue weighted by atomic mass is 9.97. The minimum absolute atomic E-state index is 0.0474. The first-order chi connectivity index (χ1) is 11.6. The van der Waals surface area contributed by atoms with Gasteiger partial charge in [-0.1, -0.05) is 18.2 Å². The number of likely N-dealkylation sites (tertiary alicyclic amines) is 1. The third-order valence-corrected chi connectivity index (χ3v) is 4.50. The molecule has 0 unspecified atom stereocenters. The van der Waals surface area contributed by atoms with E-state index in [1.165, 1.54) is 0 Å². The molecule has 0 spiro atoms. The SMILES string of the molecule is CC(C)n1ccnc1[C@H]1CCCN(C(=O)COc2ccccc2)C1. The van der Waals surface area contributed by atoms with Crippen LogP contribution in [0, 0.1) is 0 Å². The summed E-state index contributed by atoms with van der Waals surface area (Å²) in [5, 5.41) is 0. The average Bonchev–Trinajstić information content (AvgIpc) is 3.11. The first-order valence-corrected chi connectivity index (χ1v) is 8.63. The van der Waals surface area contributed by atoms with Crippen LogP contribution in [-0.4, -0.2) is 40.1 Å². The van der Waals surface area contributed by atoms with Gasteiger partial charge in [-0.15, -0.1) is 0 Å². The summed E-state index contributed by atoms with van der Waals surface area (Å²) in [5.74, 6) is 2.17. The van der Waals surface area contributed by atoms with E-state index in [4.69, 9.17) is 4.74 Å². The van der Waals surface area contributed by atoms with Crippen molar-refractivity contribution in [2.45, 2.75) is 38.6 Å². The number of amides is 1. The normalized spacial score (nSPS) is 18.0. The largest absolute Gasteiger partial charge is 0.484 e. The number of nitrogens with zero attached hydrogens (tertiary/aromatic N) is 3. The number of carbonyl (C=O) groups excluding carboxylic acids is 1. The molecule has 1 amide bonds. The molecule has 2 heterocycles. The number of rotatable bonds is 5. The molecule has 0 aliphatic carbocycles. The number of ether oxygens (including phenoxy) is 1. The summed E-state index contributed by atoms with van der Waals surface area (Å²) in [4.78, 5) is 18.9. The lowest BCUT2D eigenvalue weighted by Gasteiger charge is -2.33. The maximum Gasteiger partial charge on any atom is 0.260 e. The lowest BCUT2D eigenvalue weighted by molar-refractivity contribution is -0.134. The first kappa shape index (κ1) is 16.6. The van der Waals surface area contributed by atoms with Crippen LogP contribution >= 0.6 is 0 Å². The van der Waals surface area contributed by atoms with Gasteiger partial charge in [-0.2, -0.15) is 0 Å². The Kier molecular flexibility index (Phi) is 5.18. The van der Waals surface area contributed by atoms with Gasteiger partial charge in [0.05, 0.1) is 0 Å². The van der Waals surface area contributed by atoms with Crippen LogP contribution in [0.5, 0.6) is 5.75 Å². The monoisotopic (exact) mass is 327 g/mol. The maximum absolute atomic E-state index is 12.5. The van der Waals surface area contributed by atoms with Gasteiger partial charge >= 0.3 is 0 Å². The van der Waals surface area contributed by atoms with Crippen molar-refractivity contribution in [1.29, 1.82) is 0 Å². The second-order valence-corrected chi connectivity index (χ2v) is 6.57. The van der Waals surface area contributed by atoms with Crippen LogP contribution in [0.15, 0.2) is 42.7 Å².